The average molecular weight is 297 g/mol. The first kappa shape index (κ1) is 11.7. The first-order valence-corrected chi connectivity index (χ1v) is 5.66. The van der Waals surface area contributed by atoms with Gasteiger partial charge in [0.1, 0.15) is 0 Å². The Labute approximate surface area is 105 Å². The van der Waals surface area contributed by atoms with E-state index in [0.29, 0.717) is 5.82 Å². The summed E-state index contributed by atoms with van der Waals surface area (Å²) in [6.45, 7) is 1.53. The normalized spacial score (nSPS) is 12.4. The van der Waals surface area contributed by atoms with Crippen molar-refractivity contribution in [2.24, 2.45) is 0 Å². The van der Waals surface area contributed by atoms with Gasteiger partial charge in [0.05, 0.1) is 0 Å². The molecule has 88 valence electrons. The molecule has 2 rings (SSSR count). The minimum Gasteiger partial charge on any atom is -0.480 e. The van der Waals surface area contributed by atoms with Crippen LogP contribution in [0.15, 0.2) is 28.7 Å². The maximum absolute atomic E-state index is 10.9. The maximum Gasteiger partial charge on any atom is 0.328 e. The van der Waals surface area contributed by atoms with Crippen molar-refractivity contribution in [1.29, 1.82) is 0 Å². The van der Waals surface area contributed by atoms with Gasteiger partial charge in [-0.25, -0.2) is 9.48 Å². The molecule has 1 aromatic carbocycles. The van der Waals surface area contributed by atoms with E-state index in [-0.39, 0.29) is 0 Å². The molecule has 1 heterocycles. The summed E-state index contributed by atoms with van der Waals surface area (Å²) >= 11 is 3.38. The van der Waals surface area contributed by atoms with E-state index in [2.05, 4.69) is 31.5 Å². The Hall–Kier alpha value is -1.76. The summed E-state index contributed by atoms with van der Waals surface area (Å²) < 4.78 is 2.09. The van der Waals surface area contributed by atoms with E-state index < -0.39 is 12.0 Å². The number of aliphatic carboxylic acids is 1. The first-order valence-electron chi connectivity index (χ1n) is 4.87. The number of aromatic nitrogens is 4. The highest BCUT2D eigenvalue weighted by molar-refractivity contribution is 9.10. The summed E-state index contributed by atoms with van der Waals surface area (Å²) in [6, 6.07) is 6.56. The van der Waals surface area contributed by atoms with Crippen LogP contribution in [-0.4, -0.2) is 31.3 Å². The van der Waals surface area contributed by atoms with E-state index in [0.717, 1.165) is 10.0 Å². The van der Waals surface area contributed by atoms with Crippen molar-refractivity contribution in [3.8, 4) is 11.4 Å². The summed E-state index contributed by atoms with van der Waals surface area (Å²) in [5.74, 6) is -0.557. The molecule has 0 fully saturated rings. The predicted molar refractivity (Wildman–Crippen MR) is 63.3 cm³/mol. The molecule has 7 heteroatoms. The molecule has 1 N–H and O–H groups in total. The van der Waals surface area contributed by atoms with Crippen LogP contribution in [0.4, 0.5) is 0 Å². The van der Waals surface area contributed by atoms with Crippen LogP contribution in [0.5, 0.6) is 0 Å². The summed E-state index contributed by atoms with van der Waals surface area (Å²) in [7, 11) is 0. The topological polar surface area (TPSA) is 80.9 Å². The van der Waals surface area contributed by atoms with E-state index >= 15 is 0 Å². The summed E-state index contributed by atoms with van der Waals surface area (Å²) in [5.41, 5.74) is 0.755. The van der Waals surface area contributed by atoms with Crippen LogP contribution in [0.25, 0.3) is 11.4 Å². The minimum absolute atomic E-state index is 0.423. The van der Waals surface area contributed by atoms with Gasteiger partial charge in [0.25, 0.3) is 0 Å². The number of carbonyl (C=O) groups is 1. The number of carboxylic acids is 1. The van der Waals surface area contributed by atoms with Gasteiger partial charge in [-0.1, -0.05) is 28.1 Å². The van der Waals surface area contributed by atoms with E-state index in [9.17, 15) is 4.79 Å². The second-order valence-electron chi connectivity index (χ2n) is 3.44. The van der Waals surface area contributed by atoms with E-state index in [4.69, 9.17) is 5.11 Å². The van der Waals surface area contributed by atoms with E-state index in [1.54, 1.807) is 0 Å². The molecule has 2 aromatic rings. The van der Waals surface area contributed by atoms with Gasteiger partial charge in [0, 0.05) is 10.0 Å². The van der Waals surface area contributed by atoms with Crippen LogP contribution in [0.2, 0.25) is 0 Å². The Balaban J connectivity index is 2.51. The van der Waals surface area contributed by atoms with Gasteiger partial charge in [0.15, 0.2) is 11.9 Å². The fourth-order valence-electron chi connectivity index (χ4n) is 1.38. The number of nitrogens with zero attached hydrogens (tertiary/aromatic N) is 4. The van der Waals surface area contributed by atoms with E-state index in [1.807, 2.05) is 24.3 Å². The van der Waals surface area contributed by atoms with Gasteiger partial charge >= 0.3 is 5.97 Å². The summed E-state index contributed by atoms with van der Waals surface area (Å²) in [5, 5.41) is 20.1. The van der Waals surface area contributed by atoms with Crippen molar-refractivity contribution < 1.29 is 9.90 Å². The molecule has 1 atom stereocenters. The van der Waals surface area contributed by atoms with Gasteiger partial charge in [-0.2, -0.15) is 0 Å². The Morgan fingerprint density at radius 1 is 1.47 bits per heavy atom. The number of benzene rings is 1. The third-order valence-corrected chi connectivity index (χ3v) is 3.02. The fraction of sp³-hybridized carbons (Fsp3) is 0.200. The zero-order valence-electron chi connectivity index (χ0n) is 8.91. The quantitative estimate of drug-likeness (QED) is 0.933. The summed E-state index contributed by atoms with van der Waals surface area (Å²) in [6.07, 6.45) is 0. The van der Waals surface area contributed by atoms with Crippen LogP contribution in [-0.2, 0) is 4.79 Å². The summed E-state index contributed by atoms with van der Waals surface area (Å²) in [4.78, 5) is 10.9. The Morgan fingerprint density at radius 2 is 2.18 bits per heavy atom. The molecule has 1 unspecified atom stereocenters. The lowest BCUT2D eigenvalue weighted by Crippen LogP contribution is -2.18. The van der Waals surface area contributed by atoms with Gasteiger partial charge < -0.3 is 5.11 Å². The molecule has 0 aliphatic heterocycles. The molecule has 0 bridgehead atoms. The monoisotopic (exact) mass is 296 g/mol. The lowest BCUT2D eigenvalue weighted by atomic mass is 10.2. The molecule has 0 radical (unpaired) electrons. The molecule has 17 heavy (non-hydrogen) atoms. The van der Waals surface area contributed by atoms with Gasteiger partial charge in [-0.3, -0.25) is 0 Å². The Kier molecular flexibility index (Phi) is 3.19. The van der Waals surface area contributed by atoms with Crippen LogP contribution in [0, 0.1) is 0 Å². The molecule has 1 aromatic heterocycles. The number of hydrogen-bond donors (Lipinski definition) is 1. The van der Waals surface area contributed by atoms with Crippen LogP contribution >= 0.6 is 15.9 Å². The third kappa shape index (κ3) is 2.19. The lowest BCUT2D eigenvalue weighted by molar-refractivity contribution is -0.140. The Bertz CT molecular complexity index is 555. The second-order valence-corrected chi connectivity index (χ2v) is 4.30. The number of halogens is 1. The zero-order valence-corrected chi connectivity index (χ0v) is 10.5. The molecule has 0 saturated heterocycles. The molecule has 6 nitrogen and oxygen atoms in total. The molecular weight excluding hydrogens is 288 g/mol. The predicted octanol–water partition coefficient (Wildman–Crippen LogP) is 1.75. The molecule has 0 amide bonds. The first-order chi connectivity index (χ1) is 8.11. The maximum atomic E-state index is 10.9. The molecular formula is C10H9BrN4O2. The Morgan fingerprint density at radius 3 is 2.82 bits per heavy atom. The SMILES string of the molecule is CC(C(=O)O)n1nnnc1-c1ccccc1Br. The smallest absolute Gasteiger partial charge is 0.328 e. The molecule has 0 aliphatic rings. The highest BCUT2D eigenvalue weighted by Crippen LogP contribution is 2.26. The zero-order chi connectivity index (χ0) is 12.4. The highest BCUT2D eigenvalue weighted by atomic mass is 79.9. The molecule has 0 aliphatic carbocycles. The largest absolute Gasteiger partial charge is 0.480 e. The van der Waals surface area contributed by atoms with Crippen LogP contribution in [0.3, 0.4) is 0 Å². The van der Waals surface area contributed by atoms with Crippen molar-refractivity contribution in [3.63, 3.8) is 0 Å². The van der Waals surface area contributed by atoms with Crippen molar-refractivity contribution in [2.45, 2.75) is 13.0 Å². The second kappa shape index (κ2) is 4.62. The van der Waals surface area contributed by atoms with Crippen LogP contribution in [0.1, 0.15) is 13.0 Å². The van der Waals surface area contributed by atoms with Gasteiger partial charge in [-0.05, 0) is 29.5 Å². The molecule has 0 spiro atoms. The standard InChI is InChI=1S/C10H9BrN4O2/c1-6(10(16)17)15-9(12-13-14-15)7-4-2-3-5-8(7)11/h2-6H,1H3,(H,16,17). The fourth-order valence-corrected chi connectivity index (χ4v) is 1.84. The average Bonchev–Trinajstić information content (AvgIpc) is 2.77. The molecule has 0 saturated carbocycles. The minimum atomic E-state index is -0.981. The van der Waals surface area contributed by atoms with Gasteiger partial charge in [0.2, 0.25) is 0 Å². The number of hydrogen-bond acceptors (Lipinski definition) is 4. The lowest BCUT2D eigenvalue weighted by Gasteiger charge is -2.09. The third-order valence-electron chi connectivity index (χ3n) is 2.33. The highest BCUT2D eigenvalue weighted by Gasteiger charge is 2.21. The van der Waals surface area contributed by atoms with Crippen molar-refractivity contribution in [2.75, 3.05) is 0 Å². The van der Waals surface area contributed by atoms with Gasteiger partial charge in [-0.15, -0.1) is 5.10 Å². The van der Waals surface area contributed by atoms with E-state index in [1.165, 1.54) is 11.6 Å². The van der Waals surface area contributed by atoms with Crippen LogP contribution < -0.4 is 0 Å². The van der Waals surface area contributed by atoms with Crippen molar-refractivity contribution >= 4 is 21.9 Å². The number of rotatable bonds is 3. The van der Waals surface area contributed by atoms with Crippen molar-refractivity contribution in [3.05, 3.63) is 28.7 Å². The number of tetrazole rings is 1. The number of carboxylic acid groups (broad SMARTS) is 1. The van der Waals surface area contributed by atoms with Crippen molar-refractivity contribution in [1.82, 2.24) is 20.2 Å².